The Morgan fingerprint density at radius 2 is 2.04 bits per heavy atom. The molecule has 0 aliphatic carbocycles. The number of fused-ring (bicyclic) bond motifs is 1. The number of hydrogen-bond acceptors (Lipinski definition) is 6. The van der Waals surface area contributed by atoms with E-state index in [2.05, 4.69) is 10.3 Å². The summed E-state index contributed by atoms with van der Waals surface area (Å²) in [7, 11) is 0. The van der Waals surface area contributed by atoms with E-state index in [1.54, 1.807) is 35.8 Å². The molecule has 0 bridgehead atoms. The van der Waals surface area contributed by atoms with Gasteiger partial charge in [-0.2, -0.15) is 0 Å². The molecule has 0 fully saturated rings. The molecule has 0 unspecified atom stereocenters. The second kappa shape index (κ2) is 6.73. The maximum absolute atomic E-state index is 12.8. The molecule has 9 heteroatoms. The predicted octanol–water partition coefficient (Wildman–Crippen LogP) is 1.03. The fourth-order valence-electron chi connectivity index (χ4n) is 2.46. The molecule has 8 nitrogen and oxygen atoms in total. The second-order valence-electron chi connectivity index (χ2n) is 5.13. The van der Waals surface area contributed by atoms with Crippen LogP contribution in [0.4, 0.5) is 0 Å². The number of nitrogens with zero attached hydrogens (tertiary/aromatic N) is 2. The van der Waals surface area contributed by atoms with Gasteiger partial charge in [0.2, 0.25) is 0 Å². The standard InChI is InChI=1S/C16H13N3O5S/c20-12(21)7-18-15(23)13-14(22)9-3-1-2-4-10(9)19(16(13)24)8-11-17-5-6-25-11/h1-6,22H,7-8H2,(H,18,23)(H,20,21). The van der Waals surface area contributed by atoms with Gasteiger partial charge >= 0.3 is 5.97 Å². The number of rotatable bonds is 5. The average molecular weight is 359 g/mol. The van der Waals surface area contributed by atoms with E-state index in [0.29, 0.717) is 15.9 Å². The molecule has 3 aromatic rings. The van der Waals surface area contributed by atoms with Crippen LogP contribution in [0.15, 0.2) is 40.6 Å². The molecule has 0 atom stereocenters. The Morgan fingerprint density at radius 1 is 1.28 bits per heavy atom. The maximum atomic E-state index is 12.8. The Bertz CT molecular complexity index is 1010. The Kier molecular flexibility index (Phi) is 4.48. The van der Waals surface area contributed by atoms with Gasteiger partial charge in [-0.15, -0.1) is 11.3 Å². The van der Waals surface area contributed by atoms with Gasteiger partial charge in [-0.3, -0.25) is 14.4 Å². The van der Waals surface area contributed by atoms with Gasteiger partial charge in [0.1, 0.15) is 22.9 Å². The van der Waals surface area contributed by atoms with E-state index in [-0.39, 0.29) is 6.54 Å². The van der Waals surface area contributed by atoms with Crippen molar-refractivity contribution in [2.45, 2.75) is 6.54 Å². The van der Waals surface area contributed by atoms with Crippen LogP contribution >= 0.6 is 11.3 Å². The number of para-hydroxylation sites is 1. The molecule has 3 N–H and O–H groups in total. The molecule has 2 aromatic heterocycles. The molecule has 0 radical (unpaired) electrons. The zero-order valence-corrected chi connectivity index (χ0v) is 13.6. The van der Waals surface area contributed by atoms with Crippen molar-refractivity contribution in [3.05, 3.63) is 56.8 Å². The van der Waals surface area contributed by atoms with Gasteiger partial charge in [-0.05, 0) is 12.1 Å². The lowest BCUT2D eigenvalue weighted by Gasteiger charge is -2.13. The molecule has 25 heavy (non-hydrogen) atoms. The molecular weight excluding hydrogens is 346 g/mol. The Balaban J connectivity index is 2.18. The van der Waals surface area contributed by atoms with Gasteiger partial charge in [-0.1, -0.05) is 12.1 Å². The number of thiazole rings is 1. The molecule has 0 aliphatic rings. The summed E-state index contributed by atoms with van der Waals surface area (Å²) in [6, 6.07) is 6.61. The number of nitrogens with one attached hydrogen (secondary N) is 1. The molecule has 3 rings (SSSR count). The third-order valence-electron chi connectivity index (χ3n) is 3.55. The van der Waals surface area contributed by atoms with Crippen molar-refractivity contribution in [2.75, 3.05) is 6.54 Å². The topological polar surface area (TPSA) is 122 Å². The summed E-state index contributed by atoms with van der Waals surface area (Å²) in [5, 5.41) is 23.9. The van der Waals surface area contributed by atoms with E-state index >= 15 is 0 Å². The Labute approximate surface area is 145 Å². The number of carbonyl (C=O) groups is 2. The number of aliphatic carboxylic acids is 1. The number of aromatic nitrogens is 2. The molecule has 128 valence electrons. The molecule has 0 saturated carbocycles. The number of carbonyl (C=O) groups excluding carboxylic acids is 1. The lowest BCUT2D eigenvalue weighted by atomic mass is 10.1. The van der Waals surface area contributed by atoms with Gasteiger partial charge in [0.25, 0.3) is 11.5 Å². The molecular formula is C16H13N3O5S. The van der Waals surface area contributed by atoms with Crippen molar-refractivity contribution >= 4 is 34.1 Å². The third kappa shape index (κ3) is 3.22. The van der Waals surface area contributed by atoms with Crippen LogP contribution < -0.4 is 10.9 Å². The zero-order valence-electron chi connectivity index (χ0n) is 12.8. The number of benzene rings is 1. The summed E-state index contributed by atoms with van der Waals surface area (Å²) >= 11 is 1.36. The molecule has 1 amide bonds. The number of aromatic hydroxyl groups is 1. The number of hydrogen-bond donors (Lipinski definition) is 3. The van der Waals surface area contributed by atoms with E-state index < -0.39 is 35.3 Å². The van der Waals surface area contributed by atoms with Crippen LogP contribution in [0, 0.1) is 0 Å². The van der Waals surface area contributed by atoms with Gasteiger partial charge in [0.15, 0.2) is 0 Å². The van der Waals surface area contributed by atoms with Gasteiger partial charge in [-0.25, -0.2) is 4.98 Å². The fourth-order valence-corrected chi connectivity index (χ4v) is 3.07. The molecule has 0 aliphatic heterocycles. The summed E-state index contributed by atoms with van der Waals surface area (Å²) in [4.78, 5) is 39.8. The maximum Gasteiger partial charge on any atom is 0.322 e. The summed E-state index contributed by atoms with van der Waals surface area (Å²) in [6.45, 7) is -0.520. The predicted molar refractivity (Wildman–Crippen MR) is 91.1 cm³/mol. The number of amides is 1. The number of pyridine rings is 1. The van der Waals surface area contributed by atoms with Crippen LogP contribution in [0.5, 0.6) is 5.75 Å². The highest BCUT2D eigenvalue weighted by atomic mass is 32.1. The SMILES string of the molecule is O=C(O)CNC(=O)c1c(O)c2ccccc2n(Cc2nccs2)c1=O. The van der Waals surface area contributed by atoms with E-state index in [0.717, 1.165) is 0 Å². The fraction of sp³-hybridized carbons (Fsp3) is 0.125. The van der Waals surface area contributed by atoms with E-state index in [4.69, 9.17) is 5.11 Å². The Morgan fingerprint density at radius 3 is 2.72 bits per heavy atom. The first-order valence-corrected chi connectivity index (χ1v) is 8.10. The van der Waals surface area contributed by atoms with Crippen LogP contribution in [0.1, 0.15) is 15.4 Å². The highest BCUT2D eigenvalue weighted by molar-refractivity contribution is 7.09. The largest absolute Gasteiger partial charge is 0.506 e. The van der Waals surface area contributed by atoms with Crippen LogP contribution in [0.3, 0.4) is 0 Å². The van der Waals surface area contributed by atoms with Crippen molar-refractivity contribution in [3.63, 3.8) is 0 Å². The van der Waals surface area contributed by atoms with Crippen LogP contribution in [0.2, 0.25) is 0 Å². The number of carboxylic acids is 1. The first-order valence-electron chi connectivity index (χ1n) is 7.22. The zero-order chi connectivity index (χ0) is 18.0. The van der Waals surface area contributed by atoms with Gasteiger partial charge in [0, 0.05) is 17.0 Å². The molecule has 0 spiro atoms. The van der Waals surface area contributed by atoms with E-state index in [9.17, 15) is 19.5 Å². The molecule has 2 heterocycles. The first kappa shape index (κ1) is 16.7. The van der Waals surface area contributed by atoms with Crippen molar-refractivity contribution < 1.29 is 19.8 Å². The van der Waals surface area contributed by atoms with Crippen LogP contribution in [-0.4, -0.2) is 38.2 Å². The van der Waals surface area contributed by atoms with Gasteiger partial charge < -0.3 is 20.1 Å². The quantitative estimate of drug-likeness (QED) is 0.625. The summed E-state index contributed by atoms with van der Waals surface area (Å²) in [6.07, 6.45) is 1.61. The van der Waals surface area contributed by atoms with Crippen molar-refractivity contribution in [1.29, 1.82) is 0 Å². The van der Waals surface area contributed by atoms with Crippen molar-refractivity contribution in [3.8, 4) is 5.75 Å². The van der Waals surface area contributed by atoms with Crippen LogP contribution in [0.25, 0.3) is 10.9 Å². The first-order chi connectivity index (χ1) is 12.0. The normalized spacial score (nSPS) is 10.7. The smallest absolute Gasteiger partial charge is 0.322 e. The highest BCUT2D eigenvalue weighted by Gasteiger charge is 2.22. The minimum Gasteiger partial charge on any atom is -0.506 e. The lowest BCUT2D eigenvalue weighted by molar-refractivity contribution is -0.135. The summed E-state index contributed by atoms with van der Waals surface area (Å²) in [5.41, 5.74) is -0.749. The van der Waals surface area contributed by atoms with Crippen molar-refractivity contribution in [1.82, 2.24) is 14.9 Å². The van der Waals surface area contributed by atoms with E-state index in [1.807, 2.05) is 0 Å². The monoisotopic (exact) mass is 359 g/mol. The molecule has 0 saturated heterocycles. The number of carboxylic acid groups (broad SMARTS) is 1. The Hall–Kier alpha value is -3.20. The average Bonchev–Trinajstić information content (AvgIpc) is 3.10. The summed E-state index contributed by atoms with van der Waals surface area (Å²) in [5.74, 6) is -2.67. The van der Waals surface area contributed by atoms with Crippen LogP contribution in [-0.2, 0) is 11.3 Å². The minimum atomic E-state index is -1.25. The third-order valence-corrected chi connectivity index (χ3v) is 4.31. The van der Waals surface area contributed by atoms with E-state index in [1.165, 1.54) is 15.9 Å². The second-order valence-corrected chi connectivity index (χ2v) is 6.11. The van der Waals surface area contributed by atoms with Crippen molar-refractivity contribution in [2.24, 2.45) is 0 Å². The lowest BCUT2D eigenvalue weighted by Crippen LogP contribution is -2.36. The molecule has 1 aromatic carbocycles. The minimum absolute atomic E-state index is 0.135. The summed E-state index contributed by atoms with van der Waals surface area (Å²) < 4.78 is 1.34. The highest BCUT2D eigenvalue weighted by Crippen LogP contribution is 2.26. The van der Waals surface area contributed by atoms with Gasteiger partial charge in [0.05, 0.1) is 12.1 Å².